The monoisotopic (exact) mass is 276 g/mol. The molecule has 0 heterocycles. The lowest BCUT2D eigenvalue weighted by molar-refractivity contribution is 0.397. The van der Waals surface area contributed by atoms with Gasteiger partial charge in [0.2, 0.25) is 0 Å². The first-order valence-electron chi connectivity index (χ1n) is 7.27. The average Bonchev–Trinajstić information content (AvgIpc) is 2.53. The molecule has 3 aromatic carbocycles. The third kappa shape index (κ3) is 1.79. The zero-order valence-corrected chi connectivity index (χ0v) is 11.6. The maximum atomic E-state index is 10.4. The van der Waals surface area contributed by atoms with Gasteiger partial charge in [-0.15, -0.1) is 0 Å². The highest BCUT2D eigenvalue weighted by molar-refractivity contribution is 5.94. The Morgan fingerprint density at radius 3 is 2.52 bits per heavy atom. The van der Waals surface area contributed by atoms with E-state index in [9.17, 15) is 10.2 Å². The SMILES string of the molecule is Oc1cc2cccc3c2c(c1O)C(c1ccccc1)CC3. The number of rotatable bonds is 1. The molecule has 0 fully saturated rings. The molecule has 1 atom stereocenters. The highest BCUT2D eigenvalue weighted by Crippen LogP contribution is 2.48. The molecule has 1 aliphatic rings. The van der Waals surface area contributed by atoms with Crippen molar-refractivity contribution in [2.45, 2.75) is 18.8 Å². The largest absolute Gasteiger partial charge is 0.504 e. The molecule has 104 valence electrons. The molecular weight excluding hydrogens is 260 g/mol. The minimum atomic E-state index is -0.0301. The standard InChI is InChI=1S/C19H16O2/c20-16-11-14-8-4-7-13-9-10-15(12-5-2-1-3-6-12)18(17(13)14)19(16)21/h1-8,11,15,20-21H,9-10H2. The van der Waals surface area contributed by atoms with Crippen LogP contribution in [-0.2, 0) is 6.42 Å². The van der Waals surface area contributed by atoms with E-state index in [0.717, 1.165) is 29.2 Å². The Labute approximate surface area is 123 Å². The second-order valence-corrected chi connectivity index (χ2v) is 5.68. The summed E-state index contributed by atoms with van der Waals surface area (Å²) in [5.74, 6) is 0.136. The lowest BCUT2D eigenvalue weighted by atomic mass is 9.77. The van der Waals surface area contributed by atoms with Crippen molar-refractivity contribution in [3.8, 4) is 11.5 Å². The number of aromatic hydroxyl groups is 2. The highest BCUT2D eigenvalue weighted by atomic mass is 16.3. The molecule has 4 rings (SSSR count). The van der Waals surface area contributed by atoms with Crippen LogP contribution in [0, 0.1) is 0 Å². The molecule has 0 saturated carbocycles. The van der Waals surface area contributed by atoms with E-state index < -0.39 is 0 Å². The summed E-state index contributed by atoms with van der Waals surface area (Å²) >= 11 is 0. The molecule has 21 heavy (non-hydrogen) atoms. The number of aryl methyl sites for hydroxylation is 1. The fourth-order valence-electron chi connectivity index (χ4n) is 3.55. The van der Waals surface area contributed by atoms with E-state index >= 15 is 0 Å². The Balaban J connectivity index is 2.06. The number of phenolic OH excluding ortho intramolecular Hbond substituents is 2. The van der Waals surface area contributed by atoms with E-state index in [1.54, 1.807) is 6.07 Å². The smallest absolute Gasteiger partial charge is 0.161 e. The van der Waals surface area contributed by atoms with Crippen LogP contribution in [0.3, 0.4) is 0 Å². The van der Waals surface area contributed by atoms with Crippen LogP contribution in [0.1, 0.15) is 29.0 Å². The predicted octanol–water partition coefficient (Wildman–Crippen LogP) is 4.33. The second-order valence-electron chi connectivity index (χ2n) is 5.68. The molecule has 0 spiro atoms. The van der Waals surface area contributed by atoms with Crippen LogP contribution in [0.15, 0.2) is 54.6 Å². The highest BCUT2D eigenvalue weighted by Gasteiger charge is 2.27. The van der Waals surface area contributed by atoms with Gasteiger partial charge in [-0.1, -0.05) is 48.5 Å². The molecule has 0 bridgehead atoms. The quantitative estimate of drug-likeness (QED) is 0.649. The van der Waals surface area contributed by atoms with Crippen LogP contribution < -0.4 is 0 Å². The van der Waals surface area contributed by atoms with Crippen LogP contribution in [0.25, 0.3) is 10.8 Å². The first-order valence-corrected chi connectivity index (χ1v) is 7.27. The summed E-state index contributed by atoms with van der Waals surface area (Å²) in [6.45, 7) is 0. The molecule has 0 aliphatic heterocycles. The average molecular weight is 276 g/mol. The van der Waals surface area contributed by atoms with Gasteiger partial charge in [0.05, 0.1) is 0 Å². The zero-order chi connectivity index (χ0) is 14.4. The van der Waals surface area contributed by atoms with Crippen molar-refractivity contribution in [3.63, 3.8) is 0 Å². The fourth-order valence-corrected chi connectivity index (χ4v) is 3.55. The fraction of sp³-hybridized carbons (Fsp3) is 0.158. The van der Waals surface area contributed by atoms with Crippen molar-refractivity contribution in [1.29, 1.82) is 0 Å². The minimum absolute atomic E-state index is 0.0301. The summed E-state index contributed by atoms with van der Waals surface area (Å²) in [4.78, 5) is 0. The molecule has 0 radical (unpaired) electrons. The van der Waals surface area contributed by atoms with E-state index in [4.69, 9.17) is 0 Å². The van der Waals surface area contributed by atoms with Crippen LogP contribution in [-0.4, -0.2) is 10.2 Å². The first-order chi connectivity index (χ1) is 10.3. The van der Waals surface area contributed by atoms with E-state index in [-0.39, 0.29) is 17.4 Å². The normalized spacial score (nSPS) is 17.0. The molecule has 2 nitrogen and oxygen atoms in total. The van der Waals surface area contributed by atoms with Gasteiger partial charge in [0.15, 0.2) is 11.5 Å². The van der Waals surface area contributed by atoms with Gasteiger partial charge in [-0.05, 0) is 40.8 Å². The number of hydrogen-bond acceptors (Lipinski definition) is 2. The maximum Gasteiger partial charge on any atom is 0.161 e. The van der Waals surface area contributed by atoms with Gasteiger partial charge >= 0.3 is 0 Å². The summed E-state index contributed by atoms with van der Waals surface area (Å²) in [5.41, 5.74) is 3.32. The maximum absolute atomic E-state index is 10.4. The van der Waals surface area contributed by atoms with Crippen molar-refractivity contribution in [2.24, 2.45) is 0 Å². The molecular formula is C19H16O2. The Bertz CT molecular complexity index is 822. The van der Waals surface area contributed by atoms with Gasteiger partial charge in [0.25, 0.3) is 0 Å². The Morgan fingerprint density at radius 2 is 1.71 bits per heavy atom. The van der Waals surface area contributed by atoms with Crippen molar-refractivity contribution in [3.05, 3.63) is 71.3 Å². The predicted molar refractivity (Wildman–Crippen MR) is 83.9 cm³/mol. The lowest BCUT2D eigenvalue weighted by Crippen LogP contribution is -2.10. The summed E-state index contributed by atoms with van der Waals surface area (Å²) in [5, 5.41) is 22.6. The molecule has 2 heteroatoms. The van der Waals surface area contributed by atoms with Gasteiger partial charge in [-0.2, -0.15) is 0 Å². The van der Waals surface area contributed by atoms with Gasteiger partial charge < -0.3 is 10.2 Å². The van der Waals surface area contributed by atoms with Crippen LogP contribution in [0.5, 0.6) is 11.5 Å². The Kier molecular flexibility index (Phi) is 2.64. The van der Waals surface area contributed by atoms with Crippen LogP contribution >= 0.6 is 0 Å². The summed E-state index contributed by atoms with van der Waals surface area (Å²) in [7, 11) is 0. The van der Waals surface area contributed by atoms with E-state index in [1.165, 1.54) is 11.1 Å². The lowest BCUT2D eigenvalue weighted by Gasteiger charge is -2.27. The van der Waals surface area contributed by atoms with Crippen LogP contribution in [0.2, 0.25) is 0 Å². The van der Waals surface area contributed by atoms with Gasteiger partial charge in [0, 0.05) is 11.5 Å². The third-order valence-corrected chi connectivity index (χ3v) is 4.50. The number of phenols is 2. The van der Waals surface area contributed by atoms with Gasteiger partial charge in [-0.3, -0.25) is 0 Å². The van der Waals surface area contributed by atoms with Crippen LogP contribution in [0.4, 0.5) is 0 Å². The molecule has 2 N–H and O–H groups in total. The van der Waals surface area contributed by atoms with Crippen molar-refractivity contribution < 1.29 is 10.2 Å². The molecule has 0 saturated heterocycles. The molecule has 1 unspecified atom stereocenters. The molecule has 1 aliphatic carbocycles. The van der Waals surface area contributed by atoms with E-state index in [2.05, 4.69) is 18.2 Å². The summed E-state index contributed by atoms with van der Waals surface area (Å²) in [6.07, 6.45) is 1.95. The van der Waals surface area contributed by atoms with E-state index in [0.29, 0.717) is 0 Å². The third-order valence-electron chi connectivity index (χ3n) is 4.50. The zero-order valence-electron chi connectivity index (χ0n) is 11.6. The van der Waals surface area contributed by atoms with Gasteiger partial charge in [-0.25, -0.2) is 0 Å². The van der Waals surface area contributed by atoms with E-state index in [1.807, 2.05) is 30.3 Å². The Hall–Kier alpha value is -2.48. The minimum Gasteiger partial charge on any atom is -0.504 e. The van der Waals surface area contributed by atoms with Crippen molar-refractivity contribution in [1.82, 2.24) is 0 Å². The Morgan fingerprint density at radius 1 is 0.905 bits per heavy atom. The van der Waals surface area contributed by atoms with Crippen molar-refractivity contribution in [2.75, 3.05) is 0 Å². The van der Waals surface area contributed by atoms with Gasteiger partial charge in [0.1, 0.15) is 0 Å². The molecule has 0 amide bonds. The topological polar surface area (TPSA) is 40.5 Å². The summed E-state index contributed by atoms with van der Waals surface area (Å²) < 4.78 is 0. The number of benzene rings is 3. The second kappa shape index (κ2) is 4.52. The molecule has 3 aromatic rings. The number of hydrogen-bond donors (Lipinski definition) is 2. The first kappa shape index (κ1) is 12.3. The molecule has 0 aromatic heterocycles. The summed E-state index contributed by atoms with van der Waals surface area (Å²) in [6, 6.07) is 18.0. The van der Waals surface area contributed by atoms with Crippen molar-refractivity contribution >= 4 is 10.8 Å².